The molecule has 0 saturated heterocycles. The van der Waals surface area contributed by atoms with Gasteiger partial charge < -0.3 is 25.8 Å². The van der Waals surface area contributed by atoms with Crippen LogP contribution >= 0.6 is 0 Å². The Morgan fingerprint density at radius 2 is 1.52 bits per heavy atom. The molecule has 1 aromatic rings. The first-order valence-corrected chi connectivity index (χ1v) is 9.69. The van der Waals surface area contributed by atoms with Crippen molar-refractivity contribution >= 4 is 29.8 Å². The van der Waals surface area contributed by atoms with Crippen molar-refractivity contribution in [1.82, 2.24) is 15.0 Å². The lowest BCUT2D eigenvalue weighted by Crippen LogP contribution is -2.31. The van der Waals surface area contributed by atoms with Crippen molar-refractivity contribution in [2.45, 2.75) is 72.5 Å². The predicted molar refractivity (Wildman–Crippen MR) is 111 cm³/mol. The number of nitrogens with zero attached hydrogens (tertiary/aromatic N) is 3. The Morgan fingerprint density at radius 3 is 2.07 bits per heavy atom. The summed E-state index contributed by atoms with van der Waals surface area (Å²) in [5, 5.41) is 5.97. The van der Waals surface area contributed by atoms with Crippen molar-refractivity contribution in [2.75, 3.05) is 29.5 Å². The lowest BCUT2D eigenvalue weighted by Gasteiger charge is -2.22. The Hall–Kier alpha value is -2.65. The molecular weight excluding hydrogens is 376 g/mol. The van der Waals surface area contributed by atoms with Crippen molar-refractivity contribution in [3.8, 4) is 0 Å². The molecule has 0 aliphatic carbocycles. The van der Waals surface area contributed by atoms with Crippen LogP contribution < -0.4 is 16.4 Å². The molecule has 1 unspecified atom stereocenters. The first kappa shape index (κ1) is 24.4. The highest BCUT2D eigenvalue weighted by molar-refractivity contribution is 5.73. The van der Waals surface area contributed by atoms with Crippen molar-refractivity contribution in [2.24, 2.45) is 5.92 Å². The molecule has 0 fully saturated rings. The van der Waals surface area contributed by atoms with E-state index in [-0.39, 0.29) is 42.7 Å². The van der Waals surface area contributed by atoms with Crippen LogP contribution in [0.3, 0.4) is 0 Å². The van der Waals surface area contributed by atoms with Crippen molar-refractivity contribution < 1.29 is 19.1 Å². The van der Waals surface area contributed by atoms with Gasteiger partial charge in [-0.1, -0.05) is 6.92 Å². The van der Waals surface area contributed by atoms with E-state index in [4.69, 9.17) is 15.2 Å². The number of esters is 2. The summed E-state index contributed by atoms with van der Waals surface area (Å²) < 4.78 is 10.6. The summed E-state index contributed by atoms with van der Waals surface area (Å²) in [4.78, 5) is 36.0. The van der Waals surface area contributed by atoms with Crippen LogP contribution in [0.5, 0.6) is 0 Å². The number of nitrogen functional groups attached to an aromatic ring is 1. The van der Waals surface area contributed by atoms with Gasteiger partial charge in [0.05, 0.1) is 5.92 Å². The number of nitrogens with one attached hydrogen (secondary N) is 2. The lowest BCUT2D eigenvalue weighted by molar-refractivity contribution is -0.159. The number of ether oxygens (including phenoxy) is 2. The van der Waals surface area contributed by atoms with Crippen LogP contribution in [-0.2, 0) is 19.1 Å². The zero-order valence-electron chi connectivity index (χ0n) is 18.5. The molecule has 1 aromatic heterocycles. The third-order valence-electron chi connectivity index (χ3n) is 3.29. The molecule has 0 aliphatic heterocycles. The molecule has 4 N–H and O–H groups in total. The van der Waals surface area contributed by atoms with Crippen LogP contribution in [0.15, 0.2) is 0 Å². The SMILES string of the molecule is CC(CNc1nc(N)nc(NCCCC(=O)OC(C)(C)C)n1)C(=O)OC(C)(C)C. The van der Waals surface area contributed by atoms with E-state index in [0.717, 1.165) is 0 Å². The average Bonchev–Trinajstić information content (AvgIpc) is 2.53. The Bertz CT molecular complexity index is 697. The molecule has 1 heterocycles. The highest BCUT2D eigenvalue weighted by Crippen LogP contribution is 2.13. The van der Waals surface area contributed by atoms with Crippen LogP contribution in [0.4, 0.5) is 17.8 Å². The molecule has 164 valence electrons. The Balaban J connectivity index is 2.50. The van der Waals surface area contributed by atoms with Gasteiger partial charge in [-0.25, -0.2) is 0 Å². The number of hydrogen-bond acceptors (Lipinski definition) is 10. The monoisotopic (exact) mass is 410 g/mol. The smallest absolute Gasteiger partial charge is 0.310 e. The predicted octanol–water partition coefficient (Wildman–Crippen LogP) is 2.38. The number of rotatable bonds is 9. The second-order valence-corrected chi connectivity index (χ2v) is 8.77. The molecule has 1 atom stereocenters. The van der Waals surface area contributed by atoms with Crippen LogP contribution in [0.2, 0.25) is 0 Å². The van der Waals surface area contributed by atoms with Crippen LogP contribution in [0.25, 0.3) is 0 Å². The maximum atomic E-state index is 12.0. The molecule has 0 aromatic carbocycles. The van der Waals surface area contributed by atoms with Crippen LogP contribution in [-0.4, -0.2) is 51.2 Å². The van der Waals surface area contributed by atoms with E-state index in [1.165, 1.54) is 0 Å². The number of anilines is 3. The second kappa shape index (κ2) is 10.2. The van der Waals surface area contributed by atoms with Gasteiger partial charge in [0.25, 0.3) is 0 Å². The zero-order valence-corrected chi connectivity index (χ0v) is 18.5. The van der Waals surface area contributed by atoms with Gasteiger partial charge in [-0.15, -0.1) is 0 Å². The summed E-state index contributed by atoms with van der Waals surface area (Å²) in [7, 11) is 0. The molecule has 0 saturated carbocycles. The standard InChI is InChI=1S/C19H34N6O4/c1-12(14(27)29-19(5,6)7)11-22-17-24-15(20)23-16(25-17)21-10-8-9-13(26)28-18(2,3)4/h12H,8-11H2,1-7H3,(H4,20,21,22,23,24,25). The summed E-state index contributed by atoms with van der Waals surface area (Å²) in [5.74, 6) is -0.378. The fourth-order valence-corrected chi connectivity index (χ4v) is 2.11. The van der Waals surface area contributed by atoms with E-state index in [9.17, 15) is 9.59 Å². The summed E-state index contributed by atoms with van der Waals surface area (Å²) in [6.07, 6.45) is 0.836. The topological polar surface area (TPSA) is 141 Å². The molecule has 0 radical (unpaired) electrons. The second-order valence-electron chi connectivity index (χ2n) is 8.77. The Labute approximate surface area is 172 Å². The molecular formula is C19H34N6O4. The molecule has 1 rings (SSSR count). The van der Waals surface area contributed by atoms with Gasteiger partial charge in [0.2, 0.25) is 17.8 Å². The number of carbonyl (C=O) groups excluding carboxylic acids is 2. The lowest BCUT2D eigenvalue weighted by atomic mass is 10.1. The molecule has 10 nitrogen and oxygen atoms in total. The molecule has 0 bridgehead atoms. The zero-order chi connectivity index (χ0) is 22.2. The third-order valence-corrected chi connectivity index (χ3v) is 3.29. The summed E-state index contributed by atoms with van der Waals surface area (Å²) >= 11 is 0. The number of carbonyl (C=O) groups is 2. The number of hydrogen-bond donors (Lipinski definition) is 3. The number of aromatic nitrogens is 3. The van der Waals surface area contributed by atoms with Gasteiger partial charge in [-0.05, 0) is 48.0 Å². The minimum atomic E-state index is -0.542. The maximum absolute atomic E-state index is 12.0. The molecule has 0 amide bonds. The Kier molecular flexibility index (Phi) is 8.59. The Morgan fingerprint density at radius 1 is 0.966 bits per heavy atom. The first-order valence-electron chi connectivity index (χ1n) is 9.69. The van der Waals surface area contributed by atoms with Gasteiger partial charge >= 0.3 is 11.9 Å². The van der Waals surface area contributed by atoms with Crippen LogP contribution in [0, 0.1) is 5.92 Å². The minimum Gasteiger partial charge on any atom is -0.460 e. The van der Waals surface area contributed by atoms with Crippen molar-refractivity contribution in [1.29, 1.82) is 0 Å². The van der Waals surface area contributed by atoms with Gasteiger partial charge in [0.15, 0.2) is 0 Å². The first-order chi connectivity index (χ1) is 13.2. The van der Waals surface area contributed by atoms with Gasteiger partial charge in [-0.3, -0.25) is 9.59 Å². The van der Waals surface area contributed by atoms with Gasteiger partial charge in [0.1, 0.15) is 11.2 Å². The van der Waals surface area contributed by atoms with E-state index in [1.54, 1.807) is 6.92 Å². The summed E-state index contributed by atoms with van der Waals surface area (Å²) in [5.41, 5.74) is 4.68. The normalized spacial score (nSPS) is 12.8. The van der Waals surface area contributed by atoms with Crippen molar-refractivity contribution in [3.63, 3.8) is 0 Å². The van der Waals surface area contributed by atoms with E-state index < -0.39 is 17.1 Å². The summed E-state index contributed by atoms with van der Waals surface area (Å²) in [6, 6.07) is 0. The van der Waals surface area contributed by atoms with E-state index in [1.807, 2.05) is 41.5 Å². The van der Waals surface area contributed by atoms with Gasteiger partial charge in [-0.2, -0.15) is 15.0 Å². The van der Waals surface area contributed by atoms with Gasteiger partial charge in [0, 0.05) is 19.5 Å². The van der Waals surface area contributed by atoms with E-state index in [0.29, 0.717) is 13.0 Å². The number of nitrogens with two attached hydrogens (primary N) is 1. The third kappa shape index (κ3) is 11.1. The fourth-order valence-electron chi connectivity index (χ4n) is 2.11. The summed E-state index contributed by atoms with van der Waals surface area (Å²) in [6.45, 7) is 13.4. The van der Waals surface area contributed by atoms with Crippen LogP contribution in [0.1, 0.15) is 61.3 Å². The molecule has 29 heavy (non-hydrogen) atoms. The van der Waals surface area contributed by atoms with Crippen molar-refractivity contribution in [3.05, 3.63) is 0 Å². The van der Waals surface area contributed by atoms with E-state index >= 15 is 0 Å². The average molecular weight is 411 g/mol. The maximum Gasteiger partial charge on any atom is 0.310 e. The minimum absolute atomic E-state index is 0.0436. The molecule has 0 aliphatic rings. The molecule has 0 spiro atoms. The van der Waals surface area contributed by atoms with E-state index in [2.05, 4.69) is 25.6 Å². The highest BCUT2D eigenvalue weighted by Gasteiger charge is 2.22. The highest BCUT2D eigenvalue weighted by atomic mass is 16.6. The largest absolute Gasteiger partial charge is 0.460 e. The quantitative estimate of drug-likeness (QED) is 0.410. The fraction of sp³-hybridized carbons (Fsp3) is 0.737. The molecule has 10 heteroatoms.